The smallest absolute Gasteiger partial charge is 0.208 e. The van der Waals surface area contributed by atoms with Crippen molar-refractivity contribution in [3.05, 3.63) is 23.8 Å². The average molecular weight is 237 g/mol. The van der Waals surface area contributed by atoms with Crippen molar-refractivity contribution in [3.8, 4) is 10.6 Å². The van der Waals surface area contributed by atoms with Crippen LogP contribution in [0.2, 0.25) is 0 Å². The van der Waals surface area contributed by atoms with E-state index >= 15 is 0 Å². The Labute approximate surface area is 98.7 Å². The van der Waals surface area contributed by atoms with Gasteiger partial charge in [0.25, 0.3) is 0 Å². The minimum absolute atomic E-state index is 0.0686. The Morgan fingerprint density at radius 2 is 2.19 bits per heavy atom. The van der Waals surface area contributed by atoms with Crippen LogP contribution in [0, 0.1) is 0 Å². The van der Waals surface area contributed by atoms with Crippen LogP contribution in [0.15, 0.2) is 22.3 Å². The molecule has 0 radical (unpaired) electrons. The number of hydrogen-bond donors (Lipinski definition) is 1. The standard InChI is InChI=1S/C11H15N3OS/c1-11(2,3)14-6-10-13-4-8(15-10)9-5-12-7-16-9/h4-5,7,14H,6H2,1-3H3. The number of oxazole rings is 1. The molecule has 1 N–H and O–H groups in total. The van der Waals surface area contributed by atoms with E-state index in [1.54, 1.807) is 29.2 Å². The molecule has 0 atom stereocenters. The lowest BCUT2D eigenvalue weighted by atomic mass is 10.1. The van der Waals surface area contributed by atoms with E-state index in [4.69, 9.17) is 4.42 Å². The summed E-state index contributed by atoms with van der Waals surface area (Å²) in [6.07, 6.45) is 3.53. The van der Waals surface area contributed by atoms with Gasteiger partial charge in [-0.1, -0.05) is 0 Å². The molecule has 0 aliphatic rings. The molecule has 0 aromatic carbocycles. The first kappa shape index (κ1) is 11.3. The molecule has 2 heterocycles. The van der Waals surface area contributed by atoms with Crippen LogP contribution in [0.25, 0.3) is 10.6 Å². The molecule has 0 aliphatic heterocycles. The molecule has 0 spiro atoms. The van der Waals surface area contributed by atoms with Gasteiger partial charge in [-0.2, -0.15) is 0 Å². The first-order valence-corrected chi connectivity index (χ1v) is 6.01. The number of rotatable bonds is 3. The summed E-state index contributed by atoms with van der Waals surface area (Å²) >= 11 is 1.55. The summed E-state index contributed by atoms with van der Waals surface area (Å²) in [5, 5.41) is 3.33. The zero-order valence-electron chi connectivity index (χ0n) is 9.65. The van der Waals surface area contributed by atoms with Crippen molar-refractivity contribution in [2.24, 2.45) is 0 Å². The quantitative estimate of drug-likeness (QED) is 0.891. The Morgan fingerprint density at radius 1 is 1.38 bits per heavy atom. The topological polar surface area (TPSA) is 51.0 Å². The lowest BCUT2D eigenvalue weighted by molar-refractivity contribution is 0.384. The molecule has 86 valence electrons. The molecule has 0 aliphatic carbocycles. The minimum atomic E-state index is 0.0686. The fourth-order valence-electron chi connectivity index (χ4n) is 1.18. The van der Waals surface area contributed by atoms with Crippen LogP contribution in [0.1, 0.15) is 26.7 Å². The van der Waals surface area contributed by atoms with Gasteiger partial charge in [-0.3, -0.25) is 4.98 Å². The summed E-state index contributed by atoms with van der Waals surface area (Å²) in [7, 11) is 0. The lowest BCUT2D eigenvalue weighted by Gasteiger charge is -2.18. The van der Waals surface area contributed by atoms with Gasteiger partial charge >= 0.3 is 0 Å². The molecule has 4 nitrogen and oxygen atoms in total. The van der Waals surface area contributed by atoms with Crippen molar-refractivity contribution in [1.29, 1.82) is 0 Å². The van der Waals surface area contributed by atoms with Crippen LogP contribution in [-0.4, -0.2) is 15.5 Å². The van der Waals surface area contributed by atoms with Crippen molar-refractivity contribution < 1.29 is 4.42 Å². The van der Waals surface area contributed by atoms with Gasteiger partial charge in [0.05, 0.1) is 23.1 Å². The van der Waals surface area contributed by atoms with E-state index in [2.05, 4.69) is 36.1 Å². The maximum absolute atomic E-state index is 5.62. The van der Waals surface area contributed by atoms with Gasteiger partial charge in [-0.15, -0.1) is 11.3 Å². The highest BCUT2D eigenvalue weighted by Gasteiger charge is 2.12. The minimum Gasteiger partial charge on any atom is -0.438 e. The molecule has 2 aromatic heterocycles. The molecule has 0 saturated heterocycles. The maximum atomic E-state index is 5.62. The van der Waals surface area contributed by atoms with E-state index in [0.29, 0.717) is 12.4 Å². The largest absolute Gasteiger partial charge is 0.438 e. The second-order valence-electron chi connectivity index (χ2n) is 4.59. The number of nitrogens with one attached hydrogen (secondary N) is 1. The van der Waals surface area contributed by atoms with Crippen molar-refractivity contribution >= 4 is 11.3 Å². The number of nitrogens with zero attached hydrogens (tertiary/aromatic N) is 2. The normalized spacial score (nSPS) is 11.9. The molecule has 0 unspecified atom stereocenters. The Bertz CT molecular complexity index is 442. The SMILES string of the molecule is CC(C)(C)NCc1ncc(-c2cncs2)o1. The van der Waals surface area contributed by atoms with Crippen molar-refractivity contribution in [2.75, 3.05) is 0 Å². The summed E-state index contributed by atoms with van der Waals surface area (Å²) in [5.41, 5.74) is 1.85. The molecule has 5 heteroatoms. The van der Waals surface area contributed by atoms with Gasteiger partial charge in [0.2, 0.25) is 5.89 Å². The van der Waals surface area contributed by atoms with E-state index in [9.17, 15) is 0 Å². The second-order valence-corrected chi connectivity index (χ2v) is 5.47. The van der Waals surface area contributed by atoms with Crippen LogP contribution in [0.3, 0.4) is 0 Å². The van der Waals surface area contributed by atoms with Crippen LogP contribution in [0.5, 0.6) is 0 Å². The summed E-state index contributed by atoms with van der Waals surface area (Å²) in [4.78, 5) is 9.24. The molecule has 2 rings (SSSR count). The first-order valence-electron chi connectivity index (χ1n) is 5.13. The molecule has 0 amide bonds. The number of thiazole rings is 1. The fourth-order valence-corrected chi connectivity index (χ4v) is 1.75. The second kappa shape index (κ2) is 4.35. The van der Waals surface area contributed by atoms with Gasteiger partial charge in [-0.05, 0) is 20.8 Å². The third-order valence-electron chi connectivity index (χ3n) is 2.00. The van der Waals surface area contributed by atoms with Crippen LogP contribution < -0.4 is 5.32 Å². The van der Waals surface area contributed by atoms with E-state index < -0.39 is 0 Å². The molecule has 0 fully saturated rings. The Morgan fingerprint density at radius 3 is 2.81 bits per heavy atom. The van der Waals surface area contributed by atoms with Gasteiger partial charge in [0, 0.05) is 11.7 Å². The van der Waals surface area contributed by atoms with Gasteiger partial charge < -0.3 is 9.73 Å². The first-order chi connectivity index (χ1) is 7.54. The summed E-state index contributed by atoms with van der Waals surface area (Å²) < 4.78 is 5.62. The molecule has 2 aromatic rings. The predicted molar refractivity (Wildman–Crippen MR) is 64.2 cm³/mol. The lowest BCUT2D eigenvalue weighted by Crippen LogP contribution is -2.35. The summed E-state index contributed by atoms with van der Waals surface area (Å²) in [6.45, 7) is 6.97. The Balaban J connectivity index is 2.03. The molecule has 0 bridgehead atoms. The van der Waals surface area contributed by atoms with Gasteiger partial charge in [-0.25, -0.2) is 4.98 Å². The molecule has 16 heavy (non-hydrogen) atoms. The fraction of sp³-hybridized carbons (Fsp3) is 0.455. The summed E-state index contributed by atoms with van der Waals surface area (Å²) in [5.74, 6) is 1.49. The number of hydrogen-bond acceptors (Lipinski definition) is 5. The van der Waals surface area contributed by atoms with Gasteiger partial charge in [0.1, 0.15) is 0 Å². The number of aromatic nitrogens is 2. The third-order valence-corrected chi connectivity index (χ3v) is 2.79. The monoisotopic (exact) mass is 237 g/mol. The maximum Gasteiger partial charge on any atom is 0.208 e. The van der Waals surface area contributed by atoms with Crippen molar-refractivity contribution in [3.63, 3.8) is 0 Å². The van der Waals surface area contributed by atoms with Crippen LogP contribution >= 0.6 is 11.3 Å². The van der Waals surface area contributed by atoms with Crippen molar-refractivity contribution in [1.82, 2.24) is 15.3 Å². The molecule has 0 saturated carbocycles. The highest BCUT2D eigenvalue weighted by Crippen LogP contribution is 2.23. The third kappa shape index (κ3) is 2.90. The van der Waals surface area contributed by atoms with E-state index in [1.165, 1.54) is 0 Å². The Hall–Kier alpha value is -1.20. The van der Waals surface area contributed by atoms with E-state index in [0.717, 1.165) is 10.6 Å². The summed E-state index contributed by atoms with van der Waals surface area (Å²) in [6, 6.07) is 0. The Kier molecular flexibility index (Phi) is 3.07. The zero-order chi connectivity index (χ0) is 11.6. The molecular weight excluding hydrogens is 222 g/mol. The zero-order valence-corrected chi connectivity index (χ0v) is 10.5. The van der Waals surface area contributed by atoms with Crippen molar-refractivity contribution in [2.45, 2.75) is 32.9 Å². The average Bonchev–Trinajstić information content (AvgIpc) is 2.84. The highest BCUT2D eigenvalue weighted by atomic mass is 32.1. The highest BCUT2D eigenvalue weighted by molar-refractivity contribution is 7.13. The van der Waals surface area contributed by atoms with Crippen LogP contribution in [-0.2, 0) is 6.54 Å². The predicted octanol–water partition coefficient (Wildman–Crippen LogP) is 2.69. The van der Waals surface area contributed by atoms with Gasteiger partial charge in [0.15, 0.2) is 5.76 Å². The van der Waals surface area contributed by atoms with Crippen LogP contribution in [0.4, 0.5) is 0 Å². The molecular formula is C11H15N3OS. The van der Waals surface area contributed by atoms with E-state index in [-0.39, 0.29) is 5.54 Å². The van der Waals surface area contributed by atoms with E-state index in [1.807, 2.05) is 0 Å².